The molecule has 2 heterocycles. The summed E-state index contributed by atoms with van der Waals surface area (Å²) in [7, 11) is -9.68. The fourth-order valence-corrected chi connectivity index (χ4v) is 6.96. The van der Waals surface area contributed by atoms with E-state index in [0.717, 1.165) is 18.2 Å². The second-order valence-corrected chi connectivity index (χ2v) is 16.0. The van der Waals surface area contributed by atoms with Crippen molar-refractivity contribution in [2.75, 3.05) is 83.7 Å². The molecule has 22 nitrogen and oxygen atoms in total. The van der Waals surface area contributed by atoms with Gasteiger partial charge in [0.2, 0.25) is 35.7 Å². The molecule has 0 unspecified atom stereocenters. The van der Waals surface area contributed by atoms with Crippen LogP contribution in [-0.2, 0) is 20.2 Å². The van der Waals surface area contributed by atoms with Crippen molar-refractivity contribution in [2.24, 2.45) is 0 Å². The Morgan fingerprint density at radius 1 is 0.529 bits per heavy atom. The number of anilines is 10. The van der Waals surface area contributed by atoms with Gasteiger partial charge in [-0.15, -0.1) is 42.5 Å². The third-order valence-electron chi connectivity index (χ3n) is 8.74. The van der Waals surface area contributed by atoms with Crippen LogP contribution in [0.15, 0.2) is 94.7 Å². The SMILES string of the molecule is O=S(=O)([O-])c1ccc(Nc2nc(Nc3c[c-]c(/C=C/c4ccc(Nc5nc(Nc6cc[c-]cc6)nc(N(CCO)CCO)n5)cc4S(=O)(=O)[O-])cc3)nc(N(CCO)CCO)n2)cc1.[Na+].[Na+].[Na+].[Na+]. The molecular weight excluding hydrogens is 965 g/mol. The van der Waals surface area contributed by atoms with Gasteiger partial charge >= 0.3 is 118 Å². The first-order valence-electron chi connectivity index (χ1n) is 19.1. The monoisotopic (exact) mass is 1000 g/mol. The first-order chi connectivity index (χ1) is 30.7. The Balaban J connectivity index is 0.00000397. The molecule has 336 valence electrons. The Morgan fingerprint density at radius 2 is 0.956 bits per heavy atom. The number of hydrogen-bond acceptors (Lipinski definition) is 22. The molecule has 0 aliphatic heterocycles. The summed E-state index contributed by atoms with van der Waals surface area (Å²) < 4.78 is 71.7. The molecule has 0 saturated carbocycles. The minimum atomic E-state index is -5.01. The van der Waals surface area contributed by atoms with Gasteiger partial charge in [0.05, 0.1) is 36.2 Å². The molecule has 0 spiro atoms. The van der Waals surface area contributed by atoms with Crippen LogP contribution in [0.3, 0.4) is 0 Å². The van der Waals surface area contributed by atoms with E-state index in [9.17, 15) is 46.4 Å². The van der Waals surface area contributed by atoms with Crippen LogP contribution in [0.1, 0.15) is 11.1 Å². The summed E-state index contributed by atoms with van der Waals surface area (Å²) in [5.74, 6) is 0.287. The fraction of sp³-hybridized carbons (Fsp3) is 0.200. The number of benzene rings is 4. The molecule has 68 heavy (non-hydrogen) atoms. The predicted octanol–water partition coefficient (Wildman–Crippen LogP) is -9.79. The molecule has 6 aromatic rings. The van der Waals surface area contributed by atoms with E-state index >= 15 is 0 Å². The molecule has 0 aliphatic carbocycles. The summed E-state index contributed by atoms with van der Waals surface area (Å²) in [6.07, 6.45) is 2.98. The number of aromatic nitrogens is 6. The summed E-state index contributed by atoms with van der Waals surface area (Å²) in [5, 5.41) is 50.3. The van der Waals surface area contributed by atoms with Crippen LogP contribution < -0.4 is 149 Å². The van der Waals surface area contributed by atoms with Crippen molar-refractivity contribution in [1.82, 2.24) is 29.9 Å². The van der Waals surface area contributed by atoms with Crippen LogP contribution in [0.2, 0.25) is 0 Å². The van der Waals surface area contributed by atoms with Gasteiger partial charge in [-0.2, -0.15) is 53.7 Å². The Bertz CT molecular complexity index is 2770. The van der Waals surface area contributed by atoms with Crippen LogP contribution in [0.5, 0.6) is 0 Å². The smallest absolute Gasteiger partial charge is 0.744 e. The molecule has 8 N–H and O–H groups in total. The van der Waals surface area contributed by atoms with E-state index in [4.69, 9.17) is 0 Å². The third-order valence-corrected chi connectivity index (χ3v) is 10.5. The second kappa shape index (κ2) is 29.4. The summed E-state index contributed by atoms with van der Waals surface area (Å²) >= 11 is 0. The van der Waals surface area contributed by atoms with E-state index in [-0.39, 0.29) is 218 Å². The van der Waals surface area contributed by atoms with Gasteiger partial charge in [-0.3, -0.25) is 0 Å². The Hall–Kier alpha value is -2.90. The Morgan fingerprint density at radius 3 is 1.38 bits per heavy atom. The van der Waals surface area contributed by atoms with E-state index in [1.165, 1.54) is 40.1 Å². The van der Waals surface area contributed by atoms with Gasteiger partial charge in [-0.1, -0.05) is 17.8 Å². The average Bonchev–Trinajstić information content (AvgIpc) is 3.26. The summed E-state index contributed by atoms with van der Waals surface area (Å²) in [5.41, 5.74) is 2.15. The molecule has 0 bridgehead atoms. The molecule has 0 amide bonds. The second-order valence-electron chi connectivity index (χ2n) is 13.3. The average molecular weight is 1000 g/mol. The van der Waals surface area contributed by atoms with Gasteiger partial charge in [0.25, 0.3) is 0 Å². The van der Waals surface area contributed by atoms with Gasteiger partial charge < -0.3 is 60.6 Å². The normalized spacial score (nSPS) is 11.0. The zero-order chi connectivity index (χ0) is 45.7. The molecule has 0 aliphatic rings. The topological polar surface area (TPSA) is 327 Å². The van der Waals surface area contributed by atoms with E-state index in [1.54, 1.807) is 48.5 Å². The van der Waals surface area contributed by atoms with Crippen LogP contribution in [-0.4, -0.2) is 129 Å². The van der Waals surface area contributed by atoms with Gasteiger partial charge in [0.15, 0.2) is 0 Å². The van der Waals surface area contributed by atoms with Crippen LogP contribution in [0.25, 0.3) is 12.2 Å². The molecular formula is C40H40N12Na4O10S2. The van der Waals surface area contributed by atoms with E-state index in [1.807, 2.05) is 0 Å². The Labute approximate surface area is 481 Å². The number of nitrogens with zero attached hydrogens (tertiary/aromatic N) is 8. The quantitative estimate of drug-likeness (QED) is 0.0136. The molecule has 0 saturated heterocycles. The van der Waals surface area contributed by atoms with Crippen molar-refractivity contribution in [3.63, 3.8) is 0 Å². The van der Waals surface area contributed by atoms with Gasteiger partial charge in [0.1, 0.15) is 20.2 Å². The fourth-order valence-electron chi connectivity index (χ4n) is 5.80. The van der Waals surface area contributed by atoms with Crippen molar-refractivity contribution < 1.29 is 165 Å². The number of nitrogens with one attached hydrogen (secondary N) is 4. The minimum Gasteiger partial charge on any atom is -0.744 e. The first kappa shape index (κ1) is 61.2. The van der Waals surface area contributed by atoms with Gasteiger partial charge in [-0.05, 0) is 47.6 Å². The largest absolute Gasteiger partial charge is 1.00 e. The summed E-state index contributed by atoms with van der Waals surface area (Å²) in [6, 6.07) is 26.7. The predicted molar refractivity (Wildman–Crippen MR) is 234 cm³/mol. The summed E-state index contributed by atoms with van der Waals surface area (Å²) in [4.78, 5) is 28.5. The van der Waals surface area contributed by atoms with Crippen molar-refractivity contribution >= 4 is 90.8 Å². The van der Waals surface area contributed by atoms with Crippen LogP contribution >= 0.6 is 0 Å². The van der Waals surface area contributed by atoms with Crippen molar-refractivity contribution in [2.45, 2.75) is 9.79 Å². The molecule has 2 aromatic heterocycles. The zero-order valence-corrected chi connectivity index (χ0v) is 47.2. The number of rotatable bonds is 22. The number of hydrogen-bond donors (Lipinski definition) is 8. The van der Waals surface area contributed by atoms with Crippen LogP contribution in [0.4, 0.5) is 58.4 Å². The van der Waals surface area contributed by atoms with Gasteiger partial charge in [-0.25, -0.2) is 16.8 Å². The summed E-state index contributed by atoms with van der Waals surface area (Å²) in [6.45, 7) is -0.723. The molecule has 0 radical (unpaired) electrons. The maximum absolute atomic E-state index is 12.5. The first-order valence-corrected chi connectivity index (χ1v) is 21.9. The zero-order valence-electron chi connectivity index (χ0n) is 37.5. The molecule has 4 aromatic carbocycles. The van der Waals surface area contributed by atoms with Crippen LogP contribution in [0, 0.1) is 12.1 Å². The third kappa shape index (κ3) is 18.4. The van der Waals surface area contributed by atoms with E-state index < -0.39 is 30.0 Å². The Kier molecular flexibility index (Phi) is 26.5. The molecule has 0 atom stereocenters. The number of aliphatic hydroxyl groups is 4. The number of aliphatic hydroxyl groups excluding tert-OH is 4. The van der Waals surface area contributed by atoms with E-state index in [0.29, 0.717) is 22.6 Å². The van der Waals surface area contributed by atoms with Crippen molar-refractivity contribution in [1.29, 1.82) is 0 Å². The van der Waals surface area contributed by atoms with E-state index in [2.05, 4.69) is 63.3 Å². The standard InChI is InChI=1S/C40H42N12O10S2.4Na/c53-22-18-51(19-23-54)39-48-36(45-37(49-39)43-31-14-16-33(17-15-31)63(57,58)59)42-30-11-7-27(8-12-30)6-9-28-10-13-32(26-34(28)64(60,61)62)44-38-46-35(41-29-4-2-1-3-5-29)47-40(50-38)52(20-24-55)21-25-56;;;;/h2-7,9-17,26,53-56H,18-25H2,(H,57,58,59)(H,60,61,62)(H2,41,44,46,47,50)(H2,42,43,45,48,49);;;;/q-2;4*+1/p-2/b9-6+;;;;. The maximum atomic E-state index is 12.5. The van der Waals surface area contributed by atoms with Crippen molar-refractivity contribution in [3.8, 4) is 0 Å². The molecule has 0 fully saturated rings. The van der Waals surface area contributed by atoms with Crippen molar-refractivity contribution in [3.05, 3.63) is 108 Å². The minimum absolute atomic E-state index is 0. The van der Waals surface area contributed by atoms with Gasteiger partial charge in [0, 0.05) is 37.6 Å². The molecule has 28 heteroatoms. The maximum Gasteiger partial charge on any atom is 1.00 e. The molecule has 6 rings (SSSR count).